The second-order valence-corrected chi connectivity index (χ2v) is 5.29. The van der Waals surface area contributed by atoms with Gasteiger partial charge in [-0.2, -0.15) is 4.98 Å². The molecule has 18 heavy (non-hydrogen) atoms. The first-order valence-corrected chi connectivity index (χ1v) is 6.53. The molecule has 0 spiro atoms. The summed E-state index contributed by atoms with van der Waals surface area (Å²) in [5.41, 5.74) is -0.0468. The van der Waals surface area contributed by atoms with Crippen LogP contribution in [0.1, 0.15) is 50.0 Å². The summed E-state index contributed by atoms with van der Waals surface area (Å²) in [6.07, 6.45) is 5.95. The zero-order valence-electron chi connectivity index (χ0n) is 10.8. The van der Waals surface area contributed by atoms with Crippen molar-refractivity contribution in [2.75, 3.05) is 5.32 Å². The summed E-state index contributed by atoms with van der Waals surface area (Å²) in [7, 11) is 0. The van der Waals surface area contributed by atoms with Gasteiger partial charge in [0.1, 0.15) is 6.26 Å². The van der Waals surface area contributed by atoms with Gasteiger partial charge >= 0.3 is 5.97 Å². The molecule has 1 aliphatic carbocycles. The molecule has 2 unspecified atom stereocenters. The molecular formula is C13H20N2O3. The van der Waals surface area contributed by atoms with Gasteiger partial charge in [0.15, 0.2) is 5.69 Å². The molecule has 100 valence electrons. The Bertz CT molecular complexity index is 414. The first kappa shape index (κ1) is 12.9. The van der Waals surface area contributed by atoms with Gasteiger partial charge in [-0.05, 0) is 24.7 Å². The number of aromatic nitrogens is 1. The van der Waals surface area contributed by atoms with Crippen molar-refractivity contribution in [1.82, 2.24) is 4.98 Å². The molecule has 5 heteroatoms. The first-order chi connectivity index (χ1) is 8.58. The fraction of sp³-hybridized carbons (Fsp3) is 0.692. The van der Waals surface area contributed by atoms with Gasteiger partial charge in [-0.25, -0.2) is 4.79 Å². The summed E-state index contributed by atoms with van der Waals surface area (Å²) >= 11 is 0. The van der Waals surface area contributed by atoms with Crippen LogP contribution in [0.4, 0.5) is 6.01 Å². The highest BCUT2D eigenvalue weighted by Gasteiger charge is 2.28. The topological polar surface area (TPSA) is 75.4 Å². The van der Waals surface area contributed by atoms with Gasteiger partial charge in [0, 0.05) is 6.04 Å². The molecule has 5 nitrogen and oxygen atoms in total. The fourth-order valence-corrected chi connectivity index (χ4v) is 2.73. The number of hydrogen-bond donors (Lipinski definition) is 2. The number of hydrogen-bond acceptors (Lipinski definition) is 4. The second kappa shape index (κ2) is 5.42. The van der Waals surface area contributed by atoms with Gasteiger partial charge in [-0.1, -0.05) is 26.7 Å². The van der Waals surface area contributed by atoms with Crippen LogP contribution in [0.3, 0.4) is 0 Å². The third-order valence-corrected chi connectivity index (χ3v) is 3.71. The van der Waals surface area contributed by atoms with E-state index in [4.69, 9.17) is 9.52 Å². The lowest BCUT2D eigenvalue weighted by Crippen LogP contribution is -2.35. The largest absolute Gasteiger partial charge is 0.476 e. The number of anilines is 1. The highest BCUT2D eigenvalue weighted by Crippen LogP contribution is 2.32. The molecule has 0 amide bonds. The normalized spacial score (nSPS) is 24.2. The Hall–Kier alpha value is -1.52. The van der Waals surface area contributed by atoms with E-state index in [9.17, 15) is 4.79 Å². The molecule has 2 rings (SSSR count). The van der Waals surface area contributed by atoms with Crippen LogP contribution < -0.4 is 5.32 Å². The Kier molecular flexibility index (Phi) is 3.89. The van der Waals surface area contributed by atoms with Crippen molar-refractivity contribution >= 4 is 12.0 Å². The molecule has 0 aromatic carbocycles. The van der Waals surface area contributed by atoms with Crippen molar-refractivity contribution in [3.63, 3.8) is 0 Å². The van der Waals surface area contributed by atoms with Crippen LogP contribution in [0.5, 0.6) is 0 Å². The molecule has 0 bridgehead atoms. The molecule has 1 heterocycles. The molecule has 2 N–H and O–H groups in total. The van der Waals surface area contributed by atoms with Crippen molar-refractivity contribution < 1.29 is 14.3 Å². The van der Waals surface area contributed by atoms with E-state index in [1.807, 2.05) is 0 Å². The minimum Gasteiger partial charge on any atom is -0.476 e. The average molecular weight is 252 g/mol. The lowest BCUT2D eigenvalue weighted by atomic mass is 9.78. The number of carbonyl (C=O) groups is 1. The maximum atomic E-state index is 10.7. The van der Waals surface area contributed by atoms with Crippen LogP contribution in [0.25, 0.3) is 0 Å². The smallest absolute Gasteiger partial charge is 0.357 e. The lowest BCUT2D eigenvalue weighted by molar-refractivity contribution is 0.0690. The molecule has 1 saturated carbocycles. The third kappa shape index (κ3) is 2.83. The molecular weight excluding hydrogens is 232 g/mol. The van der Waals surface area contributed by atoms with Crippen LogP contribution in [-0.4, -0.2) is 22.1 Å². The van der Waals surface area contributed by atoms with Gasteiger partial charge in [-0.15, -0.1) is 0 Å². The number of oxazole rings is 1. The maximum Gasteiger partial charge on any atom is 0.357 e. The molecule has 1 aromatic heterocycles. The summed E-state index contributed by atoms with van der Waals surface area (Å²) in [6, 6.07) is 0.656. The predicted octanol–water partition coefficient (Wildman–Crippen LogP) is 3.00. The molecule has 0 saturated heterocycles. The number of nitrogens with one attached hydrogen (secondary N) is 1. The lowest BCUT2D eigenvalue weighted by Gasteiger charge is -2.34. The highest BCUT2D eigenvalue weighted by molar-refractivity contribution is 5.85. The molecule has 1 aromatic rings. The summed E-state index contributed by atoms with van der Waals surface area (Å²) in [4.78, 5) is 14.6. The molecule has 1 fully saturated rings. The van der Waals surface area contributed by atoms with Gasteiger partial charge in [-0.3, -0.25) is 0 Å². The van der Waals surface area contributed by atoms with Crippen molar-refractivity contribution in [3.05, 3.63) is 12.0 Å². The van der Waals surface area contributed by atoms with Crippen molar-refractivity contribution in [2.45, 2.75) is 45.6 Å². The van der Waals surface area contributed by atoms with E-state index in [1.165, 1.54) is 25.5 Å². The Labute approximate surface area is 107 Å². The summed E-state index contributed by atoms with van der Waals surface area (Å²) in [5, 5.41) is 12.0. The fourth-order valence-electron chi connectivity index (χ4n) is 2.73. The molecule has 2 atom stereocenters. The van der Waals surface area contributed by atoms with E-state index in [2.05, 4.69) is 24.1 Å². The first-order valence-electron chi connectivity index (χ1n) is 6.53. The average Bonchev–Trinajstić information content (AvgIpc) is 2.78. The standard InChI is InChI=1S/C13H20N2O3/c1-8(2)9-5-3-4-6-10(9)14-13-15-11(7-18-13)12(16)17/h7-10H,3-6H2,1-2H3,(H,14,15)(H,16,17). The van der Waals surface area contributed by atoms with Crippen LogP contribution in [0.15, 0.2) is 10.7 Å². The van der Waals surface area contributed by atoms with Gasteiger partial charge in [0.2, 0.25) is 0 Å². The zero-order chi connectivity index (χ0) is 13.1. The number of carboxylic acids is 1. The van der Waals surface area contributed by atoms with Gasteiger partial charge < -0.3 is 14.8 Å². The number of carboxylic acid groups (broad SMARTS) is 1. The van der Waals surface area contributed by atoms with E-state index in [1.54, 1.807) is 0 Å². The van der Waals surface area contributed by atoms with Gasteiger partial charge in [0.05, 0.1) is 0 Å². The number of nitrogens with zero attached hydrogens (tertiary/aromatic N) is 1. The molecule has 0 radical (unpaired) electrons. The molecule has 0 aliphatic heterocycles. The quantitative estimate of drug-likeness (QED) is 0.861. The minimum atomic E-state index is -1.06. The third-order valence-electron chi connectivity index (χ3n) is 3.71. The van der Waals surface area contributed by atoms with E-state index in [-0.39, 0.29) is 5.69 Å². The minimum absolute atomic E-state index is 0.0468. The van der Waals surface area contributed by atoms with Crippen molar-refractivity contribution in [1.29, 1.82) is 0 Å². The number of rotatable bonds is 4. The highest BCUT2D eigenvalue weighted by atomic mass is 16.4. The van der Waals surface area contributed by atoms with Crippen LogP contribution >= 0.6 is 0 Å². The predicted molar refractivity (Wildman–Crippen MR) is 67.7 cm³/mol. The van der Waals surface area contributed by atoms with E-state index in [0.29, 0.717) is 23.9 Å². The Morgan fingerprint density at radius 1 is 1.50 bits per heavy atom. The zero-order valence-corrected chi connectivity index (χ0v) is 10.8. The van der Waals surface area contributed by atoms with Crippen molar-refractivity contribution in [2.24, 2.45) is 11.8 Å². The maximum absolute atomic E-state index is 10.7. The Morgan fingerprint density at radius 2 is 2.22 bits per heavy atom. The van der Waals surface area contributed by atoms with Gasteiger partial charge in [0.25, 0.3) is 6.01 Å². The van der Waals surface area contributed by atoms with Crippen LogP contribution in [-0.2, 0) is 0 Å². The van der Waals surface area contributed by atoms with E-state index in [0.717, 1.165) is 6.42 Å². The Morgan fingerprint density at radius 3 is 2.83 bits per heavy atom. The summed E-state index contributed by atoms with van der Waals surface area (Å²) < 4.78 is 5.15. The SMILES string of the molecule is CC(C)C1CCCCC1Nc1nc(C(=O)O)co1. The monoisotopic (exact) mass is 252 g/mol. The van der Waals surface area contributed by atoms with Crippen LogP contribution in [0, 0.1) is 11.8 Å². The van der Waals surface area contributed by atoms with E-state index < -0.39 is 5.97 Å². The second-order valence-electron chi connectivity index (χ2n) is 5.29. The molecule has 1 aliphatic rings. The van der Waals surface area contributed by atoms with Crippen molar-refractivity contribution in [3.8, 4) is 0 Å². The number of aromatic carboxylic acids is 1. The Balaban J connectivity index is 2.03. The van der Waals surface area contributed by atoms with Crippen LogP contribution in [0.2, 0.25) is 0 Å². The summed E-state index contributed by atoms with van der Waals surface area (Å²) in [5.74, 6) is 0.145. The summed E-state index contributed by atoms with van der Waals surface area (Å²) in [6.45, 7) is 4.45. The van der Waals surface area contributed by atoms with E-state index >= 15 is 0 Å².